The lowest BCUT2D eigenvalue weighted by atomic mass is 9.82. The van der Waals surface area contributed by atoms with E-state index in [0.717, 1.165) is 31.5 Å². The number of aliphatic hydroxyl groups excluding tert-OH is 1. The summed E-state index contributed by atoms with van der Waals surface area (Å²) in [7, 11) is 0. The minimum Gasteiger partial charge on any atom is -0.396 e. The fourth-order valence-electron chi connectivity index (χ4n) is 2.57. The molecule has 4 nitrogen and oxygen atoms in total. The first-order chi connectivity index (χ1) is 9.36. The molecular formula is C13H18F3N3O. The third-order valence-corrected chi connectivity index (χ3v) is 3.74. The second-order valence-corrected chi connectivity index (χ2v) is 5.28. The minimum atomic E-state index is -4.51. The Hall–Kier alpha value is -1.50. The van der Waals surface area contributed by atoms with Gasteiger partial charge < -0.3 is 16.2 Å². The van der Waals surface area contributed by atoms with Gasteiger partial charge in [-0.1, -0.05) is 19.3 Å². The Bertz CT molecular complexity index is 470. The van der Waals surface area contributed by atoms with Crippen LogP contribution in [0.3, 0.4) is 0 Å². The van der Waals surface area contributed by atoms with Crippen molar-refractivity contribution in [2.75, 3.05) is 17.7 Å². The zero-order valence-corrected chi connectivity index (χ0v) is 11.0. The van der Waals surface area contributed by atoms with Crippen molar-refractivity contribution in [1.82, 2.24) is 4.98 Å². The van der Waals surface area contributed by atoms with Crippen LogP contribution < -0.4 is 11.1 Å². The second kappa shape index (κ2) is 5.47. The first kappa shape index (κ1) is 14.9. The molecule has 1 aromatic rings. The Morgan fingerprint density at radius 3 is 2.50 bits per heavy atom. The van der Waals surface area contributed by atoms with Crippen molar-refractivity contribution in [3.05, 3.63) is 18.0 Å². The number of nitrogen functional groups attached to an aromatic ring is 1. The van der Waals surface area contributed by atoms with Crippen molar-refractivity contribution in [2.45, 2.75) is 43.8 Å². The van der Waals surface area contributed by atoms with Gasteiger partial charge in [0.2, 0.25) is 0 Å². The number of halogens is 3. The number of alkyl halides is 3. The number of anilines is 2. The predicted octanol–water partition coefficient (Wildman–Crippen LogP) is 2.79. The van der Waals surface area contributed by atoms with Gasteiger partial charge in [0.15, 0.2) is 0 Å². The number of aliphatic hydroxyl groups is 1. The average molecular weight is 289 g/mol. The molecule has 112 valence electrons. The molecule has 7 heteroatoms. The van der Waals surface area contributed by atoms with E-state index in [1.54, 1.807) is 0 Å². The standard InChI is InChI=1S/C13H18F3N3O/c14-13(15,16)11-6-10(9(17)7-18-11)19-12(8-20)4-2-1-3-5-12/h6-7,20H,1-5,8,17H2,(H,18,19). The minimum absolute atomic E-state index is 0.129. The molecule has 0 aromatic carbocycles. The predicted molar refractivity (Wildman–Crippen MR) is 70.2 cm³/mol. The molecule has 0 amide bonds. The Morgan fingerprint density at radius 2 is 1.95 bits per heavy atom. The molecule has 4 N–H and O–H groups in total. The van der Waals surface area contributed by atoms with E-state index in [9.17, 15) is 18.3 Å². The van der Waals surface area contributed by atoms with Crippen molar-refractivity contribution in [1.29, 1.82) is 0 Å². The van der Waals surface area contributed by atoms with Gasteiger partial charge in [0.1, 0.15) is 5.69 Å². The number of pyridine rings is 1. The lowest BCUT2D eigenvalue weighted by Crippen LogP contribution is -2.44. The van der Waals surface area contributed by atoms with Crippen molar-refractivity contribution in [3.8, 4) is 0 Å². The van der Waals surface area contributed by atoms with Crippen LogP contribution in [0.25, 0.3) is 0 Å². The van der Waals surface area contributed by atoms with Crippen LogP contribution in [-0.4, -0.2) is 22.2 Å². The van der Waals surface area contributed by atoms with Gasteiger partial charge in [0.25, 0.3) is 0 Å². The molecule has 20 heavy (non-hydrogen) atoms. The highest BCUT2D eigenvalue weighted by Crippen LogP contribution is 2.35. The smallest absolute Gasteiger partial charge is 0.396 e. The summed E-state index contributed by atoms with van der Waals surface area (Å²) in [5.41, 5.74) is 4.45. The van der Waals surface area contributed by atoms with E-state index in [4.69, 9.17) is 5.73 Å². The monoisotopic (exact) mass is 289 g/mol. The quantitative estimate of drug-likeness (QED) is 0.800. The molecule has 1 saturated carbocycles. The maximum atomic E-state index is 12.7. The third-order valence-electron chi connectivity index (χ3n) is 3.74. The number of hydrogen-bond acceptors (Lipinski definition) is 4. The SMILES string of the molecule is Nc1cnc(C(F)(F)F)cc1NC1(CO)CCCCC1. The molecule has 2 rings (SSSR count). The summed E-state index contributed by atoms with van der Waals surface area (Å²) in [4.78, 5) is 3.30. The molecule has 0 atom stereocenters. The summed E-state index contributed by atoms with van der Waals surface area (Å²) in [5.74, 6) is 0. The van der Waals surface area contributed by atoms with Crippen molar-refractivity contribution in [3.63, 3.8) is 0 Å². The first-order valence-electron chi connectivity index (χ1n) is 6.58. The van der Waals surface area contributed by atoms with E-state index in [2.05, 4.69) is 10.3 Å². The van der Waals surface area contributed by atoms with E-state index < -0.39 is 17.4 Å². The van der Waals surface area contributed by atoms with Crippen LogP contribution in [-0.2, 0) is 6.18 Å². The zero-order chi connectivity index (χ0) is 14.8. The fourth-order valence-corrected chi connectivity index (χ4v) is 2.57. The fraction of sp³-hybridized carbons (Fsp3) is 0.615. The maximum absolute atomic E-state index is 12.7. The number of aromatic nitrogens is 1. The van der Waals surface area contributed by atoms with E-state index in [0.29, 0.717) is 12.8 Å². The number of rotatable bonds is 3. The number of nitrogens with two attached hydrogens (primary N) is 1. The highest BCUT2D eigenvalue weighted by Gasteiger charge is 2.35. The van der Waals surface area contributed by atoms with Crippen LogP contribution >= 0.6 is 0 Å². The topological polar surface area (TPSA) is 71.2 Å². The van der Waals surface area contributed by atoms with Gasteiger partial charge in [0.05, 0.1) is 29.7 Å². The van der Waals surface area contributed by atoms with Crippen molar-refractivity contribution < 1.29 is 18.3 Å². The molecule has 1 heterocycles. The van der Waals surface area contributed by atoms with Crippen LogP contribution in [0.2, 0.25) is 0 Å². The molecule has 0 spiro atoms. The third kappa shape index (κ3) is 3.15. The number of nitrogens with one attached hydrogen (secondary N) is 1. The summed E-state index contributed by atoms with van der Waals surface area (Å²) < 4.78 is 38.0. The first-order valence-corrected chi connectivity index (χ1v) is 6.58. The largest absolute Gasteiger partial charge is 0.433 e. The summed E-state index contributed by atoms with van der Waals surface area (Å²) in [6.45, 7) is -0.129. The molecule has 0 saturated heterocycles. The number of hydrogen-bond donors (Lipinski definition) is 3. The molecule has 0 radical (unpaired) electrons. The van der Waals surface area contributed by atoms with Crippen LogP contribution in [0.1, 0.15) is 37.8 Å². The summed E-state index contributed by atoms with van der Waals surface area (Å²) in [6.07, 6.45) is 0.861. The van der Waals surface area contributed by atoms with E-state index in [1.807, 2.05) is 0 Å². The van der Waals surface area contributed by atoms with E-state index in [-0.39, 0.29) is 18.0 Å². The van der Waals surface area contributed by atoms with Gasteiger partial charge in [-0.15, -0.1) is 0 Å². The van der Waals surface area contributed by atoms with Crippen LogP contribution in [0.15, 0.2) is 12.3 Å². The van der Waals surface area contributed by atoms with Gasteiger partial charge in [-0.3, -0.25) is 0 Å². The summed E-state index contributed by atoms with van der Waals surface area (Å²) in [6, 6.07) is 0.904. The molecule has 0 aliphatic heterocycles. The van der Waals surface area contributed by atoms with Gasteiger partial charge >= 0.3 is 6.18 Å². The van der Waals surface area contributed by atoms with Crippen LogP contribution in [0, 0.1) is 0 Å². The van der Waals surface area contributed by atoms with Gasteiger partial charge in [-0.05, 0) is 18.9 Å². The highest BCUT2D eigenvalue weighted by molar-refractivity contribution is 5.66. The van der Waals surface area contributed by atoms with Gasteiger partial charge in [-0.25, -0.2) is 4.98 Å². The Labute approximate surface area is 115 Å². The van der Waals surface area contributed by atoms with Crippen LogP contribution in [0.5, 0.6) is 0 Å². The molecule has 1 fully saturated rings. The van der Waals surface area contributed by atoms with E-state index >= 15 is 0 Å². The second-order valence-electron chi connectivity index (χ2n) is 5.28. The van der Waals surface area contributed by atoms with Gasteiger partial charge in [-0.2, -0.15) is 13.2 Å². The maximum Gasteiger partial charge on any atom is 0.433 e. The average Bonchev–Trinajstić information content (AvgIpc) is 2.41. The molecule has 0 bridgehead atoms. The molecule has 0 unspecified atom stereocenters. The highest BCUT2D eigenvalue weighted by atomic mass is 19.4. The lowest BCUT2D eigenvalue weighted by molar-refractivity contribution is -0.141. The Morgan fingerprint density at radius 1 is 1.30 bits per heavy atom. The molecular weight excluding hydrogens is 271 g/mol. The van der Waals surface area contributed by atoms with E-state index in [1.165, 1.54) is 0 Å². The van der Waals surface area contributed by atoms with Gasteiger partial charge in [0, 0.05) is 0 Å². The molecule has 1 aromatic heterocycles. The Balaban J connectivity index is 2.27. The lowest BCUT2D eigenvalue weighted by Gasteiger charge is -2.37. The normalized spacial score (nSPS) is 18.8. The molecule has 1 aliphatic carbocycles. The van der Waals surface area contributed by atoms with Crippen molar-refractivity contribution in [2.24, 2.45) is 0 Å². The Kier molecular flexibility index (Phi) is 4.08. The van der Waals surface area contributed by atoms with Crippen LogP contribution in [0.4, 0.5) is 24.5 Å². The van der Waals surface area contributed by atoms with Crippen molar-refractivity contribution >= 4 is 11.4 Å². The summed E-state index contributed by atoms with van der Waals surface area (Å²) >= 11 is 0. The summed E-state index contributed by atoms with van der Waals surface area (Å²) in [5, 5.41) is 12.6. The number of nitrogens with zero attached hydrogens (tertiary/aromatic N) is 1. The molecule has 1 aliphatic rings. The zero-order valence-electron chi connectivity index (χ0n) is 11.0.